The second-order valence-corrected chi connectivity index (χ2v) is 21.7. The van der Waals surface area contributed by atoms with Gasteiger partial charge in [-0.3, -0.25) is 23.9 Å². The number of carbonyl (C=O) groups excluding carboxylic acids is 2. The van der Waals surface area contributed by atoms with Crippen LogP contribution in [0.4, 0.5) is 23.2 Å². The lowest BCUT2D eigenvalue weighted by Crippen LogP contribution is -2.41. The fraction of sp³-hybridized carbons (Fsp3) is 0.717. The molecule has 0 radical (unpaired) electrons. The number of carbonyl (C=O) groups is 2. The first kappa shape index (κ1) is 67.2. The molecule has 2 aromatic rings. The Labute approximate surface area is 470 Å². The summed E-state index contributed by atoms with van der Waals surface area (Å²) in [4.78, 5) is 40.8. The van der Waals surface area contributed by atoms with Gasteiger partial charge in [0.15, 0.2) is 28.2 Å². The quantitative estimate of drug-likeness (QED) is 0.0286. The van der Waals surface area contributed by atoms with E-state index in [1.54, 1.807) is 11.3 Å². The molecule has 454 valence electrons. The van der Waals surface area contributed by atoms with Crippen LogP contribution in [0.15, 0.2) is 21.5 Å². The number of ketones is 1. The van der Waals surface area contributed by atoms with Gasteiger partial charge in [-0.05, 0) is 69.8 Å². The molecule has 27 heteroatoms. The largest absolute Gasteiger partial charge is 0.387 e. The van der Waals surface area contributed by atoms with Crippen molar-refractivity contribution in [3.63, 3.8) is 0 Å². The van der Waals surface area contributed by atoms with Crippen LogP contribution in [-0.2, 0) is 84.9 Å². The van der Waals surface area contributed by atoms with Crippen molar-refractivity contribution < 1.29 is 92.3 Å². The Morgan fingerprint density at radius 3 is 1.59 bits per heavy atom. The van der Waals surface area contributed by atoms with E-state index in [4.69, 9.17) is 62.5 Å². The van der Waals surface area contributed by atoms with Crippen molar-refractivity contribution in [2.45, 2.75) is 70.2 Å². The SMILES string of the molecule is CCCN(OCC)C(=O)C1=Cc2sc(CN3CCC4(CC3)CCN(CCOCCOCCOCCOCCOCCOCCOCCOCCOCCOCCC(=O)Cc3c(F)c(F)c(S(=O)(=O)O)c(F)c3F)C4)cc2N=C(N)C1. The van der Waals surface area contributed by atoms with Crippen LogP contribution in [-0.4, -0.2) is 223 Å². The van der Waals surface area contributed by atoms with E-state index >= 15 is 0 Å². The third-order valence-electron chi connectivity index (χ3n) is 13.1. The van der Waals surface area contributed by atoms with Gasteiger partial charge in [0.25, 0.3) is 5.91 Å². The molecular formula is C53H81F4N5O16S2. The first-order valence-electron chi connectivity index (χ1n) is 27.3. The molecule has 0 atom stereocenters. The van der Waals surface area contributed by atoms with Crippen LogP contribution in [0, 0.1) is 28.7 Å². The van der Waals surface area contributed by atoms with Crippen LogP contribution < -0.4 is 5.73 Å². The lowest BCUT2D eigenvalue weighted by molar-refractivity contribution is -0.180. The molecule has 0 aliphatic carbocycles. The summed E-state index contributed by atoms with van der Waals surface area (Å²) in [6.45, 7) is 18.4. The highest BCUT2D eigenvalue weighted by molar-refractivity contribution is 7.85. The topological polar surface area (TPSA) is 238 Å². The molecule has 3 N–H and O–H groups in total. The van der Waals surface area contributed by atoms with Gasteiger partial charge in [-0.2, -0.15) is 8.42 Å². The predicted molar refractivity (Wildman–Crippen MR) is 287 cm³/mol. The number of hydrogen-bond donors (Lipinski definition) is 2. The van der Waals surface area contributed by atoms with E-state index in [2.05, 4.69) is 20.9 Å². The zero-order valence-corrected chi connectivity index (χ0v) is 47.8. The Morgan fingerprint density at radius 2 is 1.14 bits per heavy atom. The van der Waals surface area contributed by atoms with Crippen LogP contribution in [0.2, 0.25) is 0 Å². The maximum atomic E-state index is 14.1. The summed E-state index contributed by atoms with van der Waals surface area (Å²) in [7, 11) is -5.59. The summed E-state index contributed by atoms with van der Waals surface area (Å²) in [5.74, 6) is -9.36. The van der Waals surface area contributed by atoms with E-state index < -0.39 is 56.1 Å². The number of hydroxylamine groups is 2. The molecule has 1 amide bonds. The highest BCUT2D eigenvalue weighted by Crippen LogP contribution is 2.42. The number of halogens is 4. The van der Waals surface area contributed by atoms with Gasteiger partial charge in [0.2, 0.25) is 0 Å². The maximum Gasteiger partial charge on any atom is 0.300 e. The number of rotatable bonds is 43. The van der Waals surface area contributed by atoms with Crippen LogP contribution in [0.3, 0.4) is 0 Å². The molecule has 1 aromatic carbocycles. The van der Waals surface area contributed by atoms with Gasteiger partial charge in [0.05, 0.1) is 149 Å². The number of thiophene rings is 1. The minimum Gasteiger partial charge on any atom is -0.387 e. The molecule has 1 spiro atoms. The summed E-state index contributed by atoms with van der Waals surface area (Å²) in [6, 6.07) is 2.13. The molecule has 21 nitrogen and oxygen atoms in total. The van der Waals surface area contributed by atoms with Gasteiger partial charge in [0, 0.05) is 61.5 Å². The van der Waals surface area contributed by atoms with E-state index in [0.29, 0.717) is 142 Å². The maximum absolute atomic E-state index is 14.1. The lowest BCUT2D eigenvalue weighted by atomic mass is 9.78. The minimum atomic E-state index is -5.59. The molecular weight excluding hydrogens is 1100 g/mol. The van der Waals surface area contributed by atoms with Gasteiger partial charge in [-0.1, -0.05) is 6.92 Å². The van der Waals surface area contributed by atoms with Gasteiger partial charge in [-0.25, -0.2) is 27.6 Å². The number of benzene rings is 1. The fourth-order valence-electron chi connectivity index (χ4n) is 9.01. The number of ether oxygens (including phenoxy) is 10. The Morgan fingerprint density at radius 1 is 0.688 bits per heavy atom. The molecule has 3 aliphatic rings. The molecule has 1 aromatic heterocycles. The number of Topliss-reactive ketones (excluding diaryl/α,β-unsaturated/α-hetero) is 1. The smallest absolute Gasteiger partial charge is 0.300 e. The van der Waals surface area contributed by atoms with Gasteiger partial charge >= 0.3 is 10.1 Å². The third kappa shape index (κ3) is 23.6. The number of amides is 1. The van der Waals surface area contributed by atoms with Gasteiger partial charge in [-0.15, -0.1) is 11.3 Å². The molecule has 0 bridgehead atoms. The van der Waals surface area contributed by atoms with Crippen molar-refractivity contribution in [2.75, 3.05) is 178 Å². The Kier molecular flexibility index (Phi) is 30.9. The van der Waals surface area contributed by atoms with Crippen molar-refractivity contribution in [2.24, 2.45) is 16.1 Å². The molecule has 5 rings (SSSR count). The van der Waals surface area contributed by atoms with Crippen molar-refractivity contribution in [3.05, 3.63) is 50.2 Å². The van der Waals surface area contributed by atoms with E-state index in [-0.39, 0.29) is 38.8 Å². The van der Waals surface area contributed by atoms with E-state index in [1.165, 1.54) is 29.2 Å². The lowest BCUT2D eigenvalue weighted by Gasteiger charge is -2.39. The Hall–Kier alpha value is -3.62. The number of piperidine rings is 1. The third-order valence-corrected chi connectivity index (χ3v) is 15.1. The number of amidine groups is 1. The highest BCUT2D eigenvalue weighted by atomic mass is 32.2. The molecule has 4 heterocycles. The summed E-state index contributed by atoms with van der Waals surface area (Å²) in [5.41, 5.74) is 6.79. The van der Waals surface area contributed by atoms with Crippen LogP contribution in [0.5, 0.6) is 0 Å². The normalized spacial score (nSPS) is 15.8. The predicted octanol–water partition coefficient (Wildman–Crippen LogP) is 5.17. The molecule has 80 heavy (non-hydrogen) atoms. The van der Waals surface area contributed by atoms with Crippen molar-refractivity contribution in [3.8, 4) is 0 Å². The zero-order chi connectivity index (χ0) is 57.6. The van der Waals surface area contributed by atoms with E-state index in [0.717, 1.165) is 56.3 Å². The minimum absolute atomic E-state index is 0.0813. The summed E-state index contributed by atoms with van der Waals surface area (Å²) >= 11 is 1.69. The molecule has 2 saturated heterocycles. The molecule has 0 saturated carbocycles. The average Bonchev–Trinajstić information content (AvgIpc) is 4.02. The van der Waals surface area contributed by atoms with E-state index in [1.807, 2.05) is 19.9 Å². The number of nitrogens with zero attached hydrogens (tertiary/aromatic N) is 4. The second kappa shape index (κ2) is 36.9. The van der Waals surface area contributed by atoms with Crippen molar-refractivity contribution in [1.29, 1.82) is 0 Å². The van der Waals surface area contributed by atoms with Crippen LogP contribution in [0.1, 0.15) is 67.7 Å². The van der Waals surface area contributed by atoms with Crippen molar-refractivity contribution in [1.82, 2.24) is 14.9 Å². The summed E-state index contributed by atoms with van der Waals surface area (Å²) < 4.78 is 142. The number of nitrogens with two attached hydrogens (primary N) is 1. The van der Waals surface area contributed by atoms with Crippen LogP contribution in [0.25, 0.3) is 6.08 Å². The Bertz CT molecular complexity index is 2330. The summed E-state index contributed by atoms with van der Waals surface area (Å²) in [6.07, 6.45) is 5.23. The summed E-state index contributed by atoms with van der Waals surface area (Å²) in [5, 5.41) is 1.44. The second-order valence-electron chi connectivity index (χ2n) is 19.2. The zero-order valence-electron chi connectivity index (χ0n) is 46.2. The first-order chi connectivity index (χ1) is 38.6. The molecule has 2 fully saturated rings. The fourth-order valence-corrected chi connectivity index (χ4v) is 10.8. The average molecular weight is 1180 g/mol. The standard InChI is InChI=1S/C53H81F4N5O16S2/c1-3-9-62(78-4-2)52(64)40-34-45-44(59-46(58)35-40)37-42(79-45)38-60-10-6-53(7-11-60)8-12-61(39-53)13-15-69-17-19-71-21-23-73-25-27-75-29-31-77-33-32-76-30-28-74-26-24-72-22-20-70-18-16-68-14-5-41(63)36-43-47(54)49(56)51(80(65,66)67)50(57)48(43)55/h34,37H,3-33,35-36,38-39H2,1-2H3,(H2,58,59)(H,65,66,67). The van der Waals surface area contributed by atoms with Gasteiger partial charge in [0.1, 0.15) is 11.6 Å². The molecule has 0 unspecified atom stereocenters. The number of hydrogen-bond acceptors (Lipinski definition) is 20. The Balaban J connectivity index is 0.727. The van der Waals surface area contributed by atoms with E-state index in [9.17, 15) is 35.6 Å². The number of fused-ring (bicyclic) bond motifs is 1. The van der Waals surface area contributed by atoms with Crippen molar-refractivity contribution >= 4 is 50.7 Å². The number of aliphatic imine (C=N–C) groups is 1. The van der Waals surface area contributed by atoms with Crippen LogP contribution >= 0.6 is 11.3 Å². The highest BCUT2D eigenvalue weighted by Gasteiger charge is 2.40. The van der Waals surface area contributed by atoms with Gasteiger partial charge < -0.3 is 58.0 Å². The monoisotopic (exact) mass is 1180 g/mol. The molecule has 3 aliphatic heterocycles. The first-order valence-corrected chi connectivity index (χ1v) is 29.6. The number of likely N-dealkylation sites (tertiary alicyclic amines) is 2.